The van der Waals surface area contributed by atoms with Crippen LogP contribution in [0.3, 0.4) is 0 Å². The average molecular weight is 1270 g/mol. The molecule has 0 spiro atoms. The zero-order valence-corrected chi connectivity index (χ0v) is 51.2. The van der Waals surface area contributed by atoms with E-state index in [1.54, 1.807) is 13.8 Å². The fourth-order valence-electron chi connectivity index (χ4n) is 8.19. The first-order chi connectivity index (χ1) is 42.5. The van der Waals surface area contributed by atoms with E-state index < -0.39 is 210 Å². The summed E-state index contributed by atoms with van der Waals surface area (Å²) in [6.45, 7) is 28.9. The minimum atomic E-state index is -1.78. The van der Waals surface area contributed by atoms with E-state index >= 15 is 0 Å². The molecule has 0 heterocycles. The number of rotatable bonds is 45. The molecule has 0 radical (unpaired) electrons. The molecule has 0 aromatic heterocycles. The Morgan fingerprint density at radius 2 is 0.567 bits per heavy atom. The molecule has 0 aromatic rings. The lowest BCUT2D eigenvalue weighted by atomic mass is 9.60. The summed E-state index contributed by atoms with van der Waals surface area (Å²) in [7, 11) is 0. The maximum absolute atomic E-state index is 14.2. The Labute approximate surface area is 522 Å². The third-order valence-electron chi connectivity index (χ3n) is 13.8. The van der Waals surface area contributed by atoms with Crippen LogP contribution in [0.4, 0.5) is 9.59 Å². The summed E-state index contributed by atoms with van der Waals surface area (Å²) in [6.07, 6.45) is 7.58. The van der Waals surface area contributed by atoms with E-state index in [0.717, 1.165) is 60.8 Å². The number of carbonyl (C=O) groups excluding carboxylic acids is 12. The van der Waals surface area contributed by atoms with Gasteiger partial charge in [-0.25, -0.2) is 57.5 Å². The zero-order chi connectivity index (χ0) is 68.0. The number of hydrogen-bond acceptors (Lipinski definition) is 26. The number of amides is 2. The number of hydrogen-bond donors (Lipinski definition) is 2. The normalized spacial score (nSPS) is 16.1. The highest BCUT2D eigenvalue weighted by Gasteiger charge is 2.50. The Bertz CT molecular complexity index is 2490. The van der Waals surface area contributed by atoms with E-state index in [0.29, 0.717) is 19.3 Å². The number of esters is 10. The third-order valence-corrected chi connectivity index (χ3v) is 13.8. The van der Waals surface area contributed by atoms with Gasteiger partial charge in [-0.1, -0.05) is 79.6 Å². The molecule has 0 saturated heterocycles. The van der Waals surface area contributed by atoms with Crippen molar-refractivity contribution in [3.63, 3.8) is 0 Å². The summed E-state index contributed by atoms with van der Waals surface area (Å²) < 4.78 is 77.1. The van der Waals surface area contributed by atoms with Crippen LogP contribution in [0, 0.1) is 33.0 Å². The van der Waals surface area contributed by atoms with Gasteiger partial charge in [-0.2, -0.15) is 0 Å². The fraction of sp³-hybridized carbons (Fsp3) is 0.484. The van der Waals surface area contributed by atoms with E-state index in [2.05, 4.69) is 76.4 Å². The number of carbonyl (C=O) groups is 12. The highest BCUT2D eigenvalue weighted by molar-refractivity contribution is 5.84. The van der Waals surface area contributed by atoms with Crippen molar-refractivity contribution in [2.75, 3.05) is 112 Å². The smallest absolute Gasteiger partial charge is 0.407 e. The Balaban J connectivity index is 3.74. The van der Waals surface area contributed by atoms with E-state index in [-0.39, 0.29) is 12.5 Å². The van der Waals surface area contributed by atoms with Crippen molar-refractivity contribution in [2.24, 2.45) is 33.0 Å². The Morgan fingerprint density at radius 3 is 0.789 bits per heavy atom. The quantitative estimate of drug-likeness (QED) is 0.0487. The van der Waals surface area contributed by atoms with Crippen molar-refractivity contribution in [3.8, 4) is 0 Å². The first-order valence-electron chi connectivity index (χ1n) is 27.5. The first-order valence-corrected chi connectivity index (χ1v) is 27.5. The van der Waals surface area contributed by atoms with E-state index in [4.69, 9.17) is 66.3 Å². The van der Waals surface area contributed by atoms with Gasteiger partial charge in [0.1, 0.15) is 79.3 Å². The molecule has 0 bridgehead atoms. The van der Waals surface area contributed by atoms with Crippen molar-refractivity contribution in [1.29, 1.82) is 0 Å². The van der Waals surface area contributed by atoms with Crippen molar-refractivity contribution in [1.82, 2.24) is 10.6 Å². The molecule has 3 unspecified atom stereocenters. The second-order valence-electron chi connectivity index (χ2n) is 21.5. The van der Waals surface area contributed by atoms with Crippen LogP contribution in [0.15, 0.2) is 127 Å². The summed E-state index contributed by atoms with van der Waals surface area (Å²) >= 11 is 0. The highest BCUT2D eigenvalue weighted by atomic mass is 16.6. The topological polar surface area (TPSA) is 358 Å². The molecule has 2 amide bonds. The van der Waals surface area contributed by atoms with Gasteiger partial charge in [0.15, 0.2) is 0 Å². The standard InChI is InChI=1S/C62H82N2O26/c1-14-45(65)79-32-59(33-80-46(66)15-2,34-81-47(67)16-3)28-77-30-61(38-85-51(71)20-7,39-86-52(72)21-8)42-89-55(75)63-27-57(12)25-24-44(11)26-58(57,13)64-56(76)90-43-62(40-87-53(73)22-9,41-88-54(74)23-10)31-78-29-60(35-82-48(68)17-4,36-83-49(69)18-5)37-84-50(70)19-6/h14-23,44H,1-10,24-43H2,11-13H3,(H,63,75)(H,64,76). The van der Waals surface area contributed by atoms with Crippen LogP contribution in [0.2, 0.25) is 0 Å². The summed E-state index contributed by atoms with van der Waals surface area (Å²) in [5, 5.41) is 5.63. The predicted octanol–water partition coefficient (Wildman–Crippen LogP) is 4.29. The van der Waals surface area contributed by atoms with Gasteiger partial charge < -0.3 is 76.9 Å². The predicted molar refractivity (Wildman–Crippen MR) is 316 cm³/mol. The zero-order valence-electron chi connectivity index (χ0n) is 51.2. The fourth-order valence-corrected chi connectivity index (χ4v) is 8.19. The van der Waals surface area contributed by atoms with Crippen molar-refractivity contribution in [2.45, 2.75) is 45.6 Å². The molecular weight excluding hydrogens is 1190 g/mol. The van der Waals surface area contributed by atoms with E-state index in [9.17, 15) is 57.5 Å². The maximum atomic E-state index is 14.2. The maximum Gasteiger partial charge on any atom is 0.407 e. The molecule has 1 fully saturated rings. The van der Waals surface area contributed by atoms with Gasteiger partial charge in [0.2, 0.25) is 0 Å². The largest absolute Gasteiger partial charge is 0.462 e. The van der Waals surface area contributed by atoms with Gasteiger partial charge in [0, 0.05) is 78.3 Å². The van der Waals surface area contributed by atoms with Crippen LogP contribution in [-0.4, -0.2) is 190 Å². The first kappa shape index (κ1) is 78.6. The number of nitrogens with one attached hydrogen (secondary N) is 2. The third kappa shape index (κ3) is 28.2. The van der Waals surface area contributed by atoms with Gasteiger partial charge in [0.05, 0.1) is 48.1 Å². The van der Waals surface area contributed by atoms with E-state index in [1.807, 2.05) is 6.92 Å². The van der Waals surface area contributed by atoms with Gasteiger partial charge in [0.25, 0.3) is 0 Å². The number of alkyl carbamates (subject to hydrolysis) is 2. The van der Waals surface area contributed by atoms with Gasteiger partial charge in [-0.05, 0) is 32.1 Å². The Kier molecular flexibility index (Phi) is 34.4. The van der Waals surface area contributed by atoms with Crippen LogP contribution in [0.1, 0.15) is 40.0 Å². The molecule has 1 aliphatic carbocycles. The molecule has 3 atom stereocenters. The van der Waals surface area contributed by atoms with Crippen LogP contribution >= 0.6 is 0 Å². The lowest BCUT2D eigenvalue weighted by molar-refractivity contribution is -0.170. The van der Waals surface area contributed by atoms with Crippen LogP contribution in [0.25, 0.3) is 0 Å². The van der Waals surface area contributed by atoms with E-state index in [1.165, 1.54) is 0 Å². The number of ether oxygens (including phenoxy) is 14. The van der Waals surface area contributed by atoms with Crippen molar-refractivity contribution < 1.29 is 124 Å². The molecule has 1 saturated carbocycles. The molecule has 28 nitrogen and oxygen atoms in total. The van der Waals surface area contributed by atoms with Crippen molar-refractivity contribution in [3.05, 3.63) is 127 Å². The summed E-state index contributed by atoms with van der Waals surface area (Å²) in [6, 6.07) is 0. The second-order valence-corrected chi connectivity index (χ2v) is 21.5. The van der Waals surface area contributed by atoms with Gasteiger partial charge in [-0.3, -0.25) is 0 Å². The molecule has 496 valence electrons. The summed E-state index contributed by atoms with van der Waals surface area (Å²) in [5.74, 6) is -9.33. The van der Waals surface area contributed by atoms with Crippen LogP contribution in [0.5, 0.6) is 0 Å². The second kappa shape index (κ2) is 39.5. The molecule has 1 aliphatic rings. The minimum Gasteiger partial charge on any atom is -0.462 e. The average Bonchev–Trinajstić information content (AvgIpc) is 0.897. The monoisotopic (exact) mass is 1270 g/mol. The van der Waals surface area contributed by atoms with Crippen LogP contribution in [-0.2, 0) is 114 Å². The van der Waals surface area contributed by atoms with Crippen molar-refractivity contribution >= 4 is 71.9 Å². The minimum absolute atomic E-state index is 0.0185. The molecular formula is C62H82N2O26. The Hall–Kier alpha value is -9.44. The lowest BCUT2D eigenvalue weighted by Crippen LogP contribution is -2.63. The van der Waals surface area contributed by atoms with Crippen LogP contribution < -0.4 is 10.6 Å². The van der Waals surface area contributed by atoms with Gasteiger partial charge in [-0.15, -0.1) is 0 Å². The molecule has 0 aromatic carbocycles. The molecule has 90 heavy (non-hydrogen) atoms. The summed E-state index contributed by atoms with van der Waals surface area (Å²) in [5.41, 5.74) is -9.10. The Morgan fingerprint density at radius 1 is 0.356 bits per heavy atom. The highest BCUT2D eigenvalue weighted by Crippen LogP contribution is 2.46. The molecule has 28 heteroatoms. The lowest BCUT2D eigenvalue weighted by Gasteiger charge is -2.52. The van der Waals surface area contributed by atoms with Gasteiger partial charge >= 0.3 is 71.9 Å². The summed E-state index contributed by atoms with van der Waals surface area (Å²) in [4.78, 5) is 152. The molecule has 1 rings (SSSR count). The SMILES string of the molecule is C=CC(=O)OCC(COCC(COC(=O)C=C)(COC(=O)C=C)COC(=O)NCC1(C)CCC(C)CC1(C)NC(=O)OCC(COCC(COC(=O)C=C)(COC(=O)C=C)COC(=O)C=C)(COC(=O)C=C)COC(=O)C=C)(COC(=O)C=C)COC(=O)C=C. The molecule has 2 N–H and O–H groups in total. The molecule has 0 aliphatic heterocycles.